The number of hydrogen-bond donors (Lipinski definition) is 0. The fourth-order valence-electron chi connectivity index (χ4n) is 2.89. The molecule has 21 heavy (non-hydrogen) atoms. The Morgan fingerprint density at radius 1 is 1.29 bits per heavy atom. The van der Waals surface area contributed by atoms with Crippen LogP contribution in [0.15, 0.2) is 12.1 Å². The third-order valence-corrected chi connectivity index (χ3v) is 4.44. The quantitative estimate of drug-likeness (QED) is 0.777. The van der Waals surface area contributed by atoms with Crippen LogP contribution < -0.4 is 4.90 Å². The molecule has 0 amide bonds. The van der Waals surface area contributed by atoms with Gasteiger partial charge in [-0.3, -0.25) is 0 Å². The predicted molar refractivity (Wildman–Crippen MR) is 91.4 cm³/mol. The van der Waals surface area contributed by atoms with Crippen molar-refractivity contribution in [2.45, 2.75) is 51.5 Å². The van der Waals surface area contributed by atoms with Crippen LogP contribution in [-0.2, 0) is 11.3 Å². The minimum absolute atomic E-state index is 0.0443. The first-order valence-electron chi connectivity index (χ1n) is 7.84. The highest BCUT2D eigenvalue weighted by Gasteiger charge is 2.23. The fourth-order valence-corrected chi connectivity index (χ4v) is 3.05. The minimum Gasteiger partial charge on any atom is -0.353 e. The Labute approximate surface area is 134 Å². The van der Waals surface area contributed by atoms with Crippen LogP contribution in [0, 0.1) is 0 Å². The SMILES string of the molecule is CC1CN(C)CCCN1c1cc(CCl)cc(C(C)(C)C)n1. The van der Waals surface area contributed by atoms with E-state index >= 15 is 0 Å². The Kier molecular flexibility index (Phi) is 5.15. The highest BCUT2D eigenvalue weighted by atomic mass is 35.5. The van der Waals surface area contributed by atoms with Gasteiger partial charge in [0.25, 0.3) is 0 Å². The van der Waals surface area contributed by atoms with Crippen LogP contribution in [0.25, 0.3) is 0 Å². The van der Waals surface area contributed by atoms with E-state index in [1.54, 1.807) is 0 Å². The van der Waals surface area contributed by atoms with Crippen molar-refractivity contribution in [3.05, 3.63) is 23.4 Å². The molecule has 0 N–H and O–H groups in total. The molecule has 1 aromatic heterocycles. The zero-order chi connectivity index (χ0) is 15.6. The maximum Gasteiger partial charge on any atom is 0.129 e. The van der Waals surface area contributed by atoms with Crippen LogP contribution in [-0.4, -0.2) is 42.6 Å². The maximum atomic E-state index is 6.10. The van der Waals surface area contributed by atoms with Crippen molar-refractivity contribution < 1.29 is 0 Å². The Hall–Kier alpha value is -0.800. The number of hydrogen-bond acceptors (Lipinski definition) is 3. The first-order valence-corrected chi connectivity index (χ1v) is 8.37. The van der Waals surface area contributed by atoms with Crippen molar-refractivity contribution in [3.8, 4) is 0 Å². The van der Waals surface area contributed by atoms with Crippen molar-refractivity contribution in [3.63, 3.8) is 0 Å². The minimum atomic E-state index is 0.0443. The van der Waals surface area contributed by atoms with Crippen molar-refractivity contribution >= 4 is 17.4 Å². The van der Waals surface area contributed by atoms with Gasteiger partial charge in [-0.2, -0.15) is 0 Å². The highest BCUT2D eigenvalue weighted by Crippen LogP contribution is 2.27. The molecule has 118 valence electrons. The average molecular weight is 310 g/mol. The van der Waals surface area contributed by atoms with Gasteiger partial charge in [-0.05, 0) is 44.6 Å². The zero-order valence-electron chi connectivity index (χ0n) is 14.0. The number of rotatable bonds is 2. The first kappa shape index (κ1) is 16.6. The van der Waals surface area contributed by atoms with E-state index in [9.17, 15) is 0 Å². The molecule has 0 spiro atoms. The van der Waals surface area contributed by atoms with Gasteiger partial charge in [0.15, 0.2) is 0 Å². The second-order valence-electron chi connectivity index (χ2n) is 7.26. The molecule has 0 radical (unpaired) electrons. The summed E-state index contributed by atoms with van der Waals surface area (Å²) in [6.45, 7) is 12.2. The number of nitrogens with zero attached hydrogens (tertiary/aromatic N) is 3. The van der Waals surface area contributed by atoms with Gasteiger partial charge in [-0.15, -0.1) is 11.6 Å². The van der Waals surface area contributed by atoms with Gasteiger partial charge in [0.1, 0.15) is 5.82 Å². The third-order valence-electron chi connectivity index (χ3n) is 4.14. The van der Waals surface area contributed by atoms with E-state index in [2.05, 4.69) is 56.7 Å². The Morgan fingerprint density at radius 3 is 2.62 bits per heavy atom. The van der Waals surface area contributed by atoms with Crippen LogP contribution in [0.1, 0.15) is 45.4 Å². The third kappa shape index (κ3) is 4.10. The van der Waals surface area contributed by atoms with E-state index < -0.39 is 0 Å². The van der Waals surface area contributed by atoms with E-state index in [-0.39, 0.29) is 5.41 Å². The van der Waals surface area contributed by atoms with E-state index in [0.29, 0.717) is 11.9 Å². The van der Waals surface area contributed by atoms with E-state index in [1.165, 1.54) is 6.42 Å². The number of aromatic nitrogens is 1. The smallest absolute Gasteiger partial charge is 0.129 e. The molecule has 0 aromatic carbocycles. The number of anilines is 1. The van der Waals surface area contributed by atoms with Gasteiger partial charge in [0.05, 0.1) is 0 Å². The van der Waals surface area contributed by atoms with Crippen molar-refractivity contribution in [2.75, 3.05) is 31.6 Å². The Morgan fingerprint density at radius 2 is 2.00 bits per heavy atom. The lowest BCUT2D eigenvalue weighted by molar-refractivity contribution is 0.337. The molecule has 1 aliphatic heterocycles. The summed E-state index contributed by atoms with van der Waals surface area (Å²) < 4.78 is 0. The van der Waals surface area contributed by atoms with E-state index in [1.807, 2.05) is 0 Å². The summed E-state index contributed by atoms with van der Waals surface area (Å²) in [6.07, 6.45) is 1.18. The number of halogens is 1. The molecule has 1 aromatic rings. The number of likely N-dealkylation sites (N-methyl/N-ethyl adjacent to an activating group) is 1. The molecule has 4 heteroatoms. The first-order chi connectivity index (χ1) is 9.81. The van der Waals surface area contributed by atoms with Crippen LogP contribution in [0.4, 0.5) is 5.82 Å². The van der Waals surface area contributed by atoms with Gasteiger partial charge in [-0.25, -0.2) is 4.98 Å². The van der Waals surface area contributed by atoms with Gasteiger partial charge in [0, 0.05) is 36.1 Å². The molecule has 2 rings (SSSR count). The van der Waals surface area contributed by atoms with E-state index in [4.69, 9.17) is 16.6 Å². The summed E-state index contributed by atoms with van der Waals surface area (Å²) in [5.41, 5.74) is 2.33. The summed E-state index contributed by atoms with van der Waals surface area (Å²) in [6, 6.07) is 4.78. The lowest BCUT2D eigenvalue weighted by Crippen LogP contribution is -2.38. The summed E-state index contributed by atoms with van der Waals surface area (Å²) in [7, 11) is 2.20. The summed E-state index contributed by atoms with van der Waals surface area (Å²) in [5.74, 6) is 1.63. The van der Waals surface area contributed by atoms with Crippen LogP contribution in [0.3, 0.4) is 0 Å². The monoisotopic (exact) mass is 309 g/mol. The molecule has 0 aliphatic carbocycles. The van der Waals surface area contributed by atoms with E-state index in [0.717, 1.165) is 36.7 Å². The van der Waals surface area contributed by atoms with Gasteiger partial charge >= 0.3 is 0 Å². The van der Waals surface area contributed by atoms with Gasteiger partial charge in [-0.1, -0.05) is 20.8 Å². The zero-order valence-corrected chi connectivity index (χ0v) is 14.7. The second kappa shape index (κ2) is 6.53. The van der Waals surface area contributed by atoms with Crippen molar-refractivity contribution in [2.24, 2.45) is 0 Å². The van der Waals surface area contributed by atoms with Crippen LogP contribution in [0.2, 0.25) is 0 Å². The van der Waals surface area contributed by atoms with Crippen molar-refractivity contribution in [1.29, 1.82) is 0 Å². The normalized spacial score (nSPS) is 21.4. The average Bonchev–Trinajstić information content (AvgIpc) is 2.57. The number of alkyl halides is 1. The molecule has 0 saturated carbocycles. The lowest BCUT2D eigenvalue weighted by Gasteiger charge is -2.31. The molecule has 1 aliphatic rings. The van der Waals surface area contributed by atoms with Gasteiger partial charge < -0.3 is 9.80 Å². The molecular weight excluding hydrogens is 282 g/mol. The highest BCUT2D eigenvalue weighted by molar-refractivity contribution is 6.17. The molecule has 0 bridgehead atoms. The standard InChI is InChI=1S/C17H28ClN3/c1-13-12-20(5)7-6-8-21(13)16-10-14(11-18)9-15(19-16)17(2,3)4/h9-10,13H,6-8,11-12H2,1-5H3. The lowest BCUT2D eigenvalue weighted by atomic mass is 9.91. The molecule has 2 heterocycles. The summed E-state index contributed by atoms with van der Waals surface area (Å²) in [4.78, 5) is 9.78. The Bertz CT molecular complexity index is 481. The largest absolute Gasteiger partial charge is 0.353 e. The molecule has 3 nitrogen and oxygen atoms in total. The fraction of sp³-hybridized carbons (Fsp3) is 0.706. The molecule has 1 fully saturated rings. The second-order valence-corrected chi connectivity index (χ2v) is 7.53. The Balaban J connectivity index is 2.37. The summed E-state index contributed by atoms with van der Waals surface area (Å²) in [5, 5.41) is 0. The van der Waals surface area contributed by atoms with Crippen LogP contribution in [0.5, 0.6) is 0 Å². The van der Waals surface area contributed by atoms with Crippen LogP contribution >= 0.6 is 11.6 Å². The maximum absolute atomic E-state index is 6.10. The number of pyridine rings is 1. The molecule has 1 saturated heterocycles. The van der Waals surface area contributed by atoms with Gasteiger partial charge in [0.2, 0.25) is 0 Å². The predicted octanol–water partition coefficient (Wildman–Crippen LogP) is 3.65. The summed E-state index contributed by atoms with van der Waals surface area (Å²) >= 11 is 6.10. The topological polar surface area (TPSA) is 19.4 Å². The molecule has 1 atom stereocenters. The molecule has 1 unspecified atom stereocenters. The molecular formula is C17H28ClN3. The van der Waals surface area contributed by atoms with Crippen molar-refractivity contribution in [1.82, 2.24) is 9.88 Å².